The van der Waals surface area contributed by atoms with E-state index in [-0.39, 0.29) is 35.9 Å². The van der Waals surface area contributed by atoms with E-state index in [0.29, 0.717) is 25.7 Å². The summed E-state index contributed by atoms with van der Waals surface area (Å²) in [4.78, 5) is 23.7. The third-order valence-corrected chi connectivity index (χ3v) is 11.5. The number of ketones is 2. The van der Waals surface area contributed by atoms with Gasteiger partial charge >= 0.3 is 0 Å². The second-order valence-electron chi connectivity index (χ2n) is 10.6. The SMILES string of the molecule is CCCCC(=O)CC(C)S(=O)(=O)CCCCCCCCCCCCS(=O)(=O)C(C)CC(=O)CCCC. The second-order valence-corrected chi connectivity index (χ2v) is 15.7. The molecule has 0 aromatic heterocycles. The van der Waals surface area contributed by atoms with Crippen molar-refractivity contribution in [3.8, 4) is 0 Å². The number of carbonyl (C=O) groups excluding carboxylic acids is 2. The van der Waals surface area contributed by atoms with Gasteiger partial charge in [0.15, 0.2) is 19.7 Å². The zero-order valence-corrected chi connectivity index (χ0v) is 25.2. The van der Waals surface area contributed by atoms with Crippen LogP contribution in [0.4, 0.5) is 0 Å². The topological polar surface area (TPSA) is 102 Å². The summed E-state index contributed by atoms with van der Waals surface area (Å²) in [6.07, 6.45) is 14.4. The molecule has 0 heterocycles. The van der Waals surface area contributed by atoms with Gasteiger partial charge in [-0.3, -0.25) is 9.59 Å². The van der Waals surface area contributed by atoms with Gasteiger partial charge in [-0.05, 0) is 39.5 Å². The van der Waals surface area contributed by atoms with Crippen LogP contribution in [0, 0.1) is 0 Å². The van der Waals surface area contributed by atoms with Crippen molar-refractivity contribution >= 4 is 31.2 Å². The number of sulfone groups is 2. The molecule has 0 saturated heterocycles. The fourth-order valence-electron chi connectivity index (χ4n) is 4.27. The van der Waals surface area contributed by atoms with Crippen LogP contribution < -0.4 is 0 Å². The molecule has 2 atom stereocenters. The minimum atomic E-state index is -3.20. The highest BCUT2D eigenvalue weighted by atomic mass is 32.2. The molecule has 0 spiro atoms. The summed E-state index contributed by atoms with van der Waals surface area (Å²) in [6, 6.07) is 0. The second kappa shape index (κ2) is 20.2. The minimum Gasteiger partial charge on any atom is -0.300 e. The normalized spacial score (nSPS) is 14.0. The molecule has 0 aliphatic heterocycles. The zero-order valence-electron chi connectivity index (χ0n) is 23.6. The molecule has 2 unspecified atom stereocenters. The Bertz CT molecular complexity index is 734. The van der Waals surface area contributed by atoms with Crippen LogP contribution in [0.1, 0.15) is 143 Å². The van der Waals surface area contributed by atoms with E-state index in [1.54, 1.807) is 13.8 Å². The Morgan fingerprint density at radius 2 is 0.778 bits per heavy atom. The monoisotopic (exact) mass is 550 g/mol. The van der Waals surface area contributed by atoms with Gasteiger partial charge in [0.1, 0.15) is 11.6 Å². The van der Waals surface area contributed by atoms with Gasteiger partial charge in [-0.1, -0.05) is 78.1 Å². The predicted molar refractivity (Wildman–Crippen MR) is 151 cm³/mol. The summed E-state index contributed by atoms with van der Waals surface area (Å²) in [5, 5.41) is -1.15. The van der Waals surface area contributed by atoms with Crippen LogP contribution in [-0.4, -0.2) is 50.4 Å². The third kappa shape index (κ3) is 17.7. The average Bonchev–Trinajstić information content (AvgIpc) is 2.81. The van der Waals surface area contributed by atoms with Gasteiger partial charge in [0.2, 0.25) is 0 Å². The Hall–Kier alpha value is -0.760. The van der Waals surface area contributed by atoms with Gasteiger partial charge in [-0.15, -0.1) is 0 Å². The standard InChI is InChI=1S/C28H54O6S2/c1-5-7-19-27(29)23-25(3)35(31,32)21-17-15-13-11-9-10-12-14-16-18-22-36(33,34)26(4)24-28(30)20-8-6-2/h25-26H,5-24H2,1-4H3. The zero-order chi connectivity index (χ0) is 27.5. The maximum atomic E-state index is 12.4. The molecule has 0 bridgehead atoms. The van der Waals surface area contributed by atoms with Crippen LogP contribution in [0.15, 0.2) is 0 Å². The lowest BCUT2D eigenvalue weighted by Gasteiger charge is -2.12. The molecule has 6 nitrogen and oxygen atoms in total. The summed E-state index contributed by atoms with van der Waals surface area (Å²) in [5.41, 5.74) is 0. The first-order valence-electron chi connectivity index (χ1n) is 14.4. The summed E-state index contributed by atoms with van der Waals surface area (Å²) in [6.45, 7) is 7.36. The Kier molecular flexibility index (Phi) is 19.8. The van der Waals surface area contributed by atoms with Crippen LogP contribution in [-0.2, 0) is 29.3 Å². The minimum absolute atomic E-state index is 0.0541. The number of Topliss-reactive ketones (excluding diaryl/α,β-unsaturated/α-hetero) is 2. The molecule has 8 heteroatoms. The third-order valence-electron chi connectivity index (χ3n) is 6.98. The molecule has 36 heavy (non-hydrogen) atoms. The van der Waals surface area contributed by atoms with Gasteiger partial charge in [0.25, 0.3) is 0 Å². The van der Waals surface area contributed by atoms with E-state index in [1.807, 2.05) is 13.8 Å². The molecule has 0 N–H and O–H groups in total. The Labute approximate surface area is 222 Å². The fourth-order valence-corrected chi connectivity index (χ4v) is 7.17. The molecular formula is C28H54O6S2. The first-order chi connectivity index (χ1) is 17.0. The van der Waals surface area contributed by atoms with Crippen molar-refractivity contribution in [1.29, 1.82) is 0 Å². The maximum absolute atomic E-state index is 12.4. The first kappa shape index (κ1) is 35.2. The molecule has 214 valence electrons. The highest BCUT2D eigenvalue weighted by Crippen LogP contribution is 2.16. The smallest absolute Gasteiger partial charge is 0.153 e. The predicted octanol–water partition coefficient (Wildman–Crippen LogP) is 6.79. The Balaban J connectivity index is 3.80. The van der Waals surface area contributed by atoms with Crippen LogP contribution in [0.25, 0.3) is 0 Å². The average molecular weight is 551 g/mol. The fraction of sp³-hybridized carbons (Fsp3) is 0.929. The van der Waals surface area contributed by atoms with E-state index in [4.69, 9.17) is 0 Å². The first-order valence-corrected chi connectivity index (χ1v) is 17.9. The Morgan fingerprint density at radius 3 is 1.06 bits per heavy atom. The molecular weight excluding hydrogens is 496 g/mol. The quantitative estimate of drug-likeness (QED) is 0.116. The molecule has 0 aromatic carbocycles. The number of carbonyl (C=O) groups is 2. The number of hydrogen-bond acceptors (Lipinski definition) is 6. The summed E-state index contributed by atoms with van der Waals surface area (Å²) < 4.78 is 49.5. The van der Waals surface area contributed by atoms with E-state index >= 15 is 0 Å². The van der Waals surface area contributed by atoms with Crippen LogP contribution in [0.5, 0.6) is 0 Å². The van der Waals surface area contributed by atoms with Crippen molar-refractivity contribution in [2.24, 2.45) is 0 Å². The van der Waals surface area contributed by atoms with Crippen molar-refractivity contribution < 1.29 is 26.4 Å². The summed E-state index contributed by atoms with van der Waals surface area (Å²) in [5.74, 6) is 0.449. The molecule has 0 aliphatic carbocycles. The van der Waals surface area contributed by atoms with Gasteiger partial charge in [-0.25, -0.2) is 16.8 Å². The lowest BCUT2D eigenvalue weighted by molar-refractivity contribution is -0.119. The van der Waals surface area contributed by atoms with Crippen molar-refractivity contribution in [3.05, 3.63) is 0 Å². The van der Waals surface area contributed by atoms with Crippen molar-refractivity contribution in [2.45, 2.75) is 154 Å². The van der Waals surface area contributed by atoms with Gasteiger partial charge in [0, 0.05) is 25.7 Å². The molecule has 0 rings (SSSR count). The number of rotatable bonds is 25. The van der Waals surface area contributed by atoms with E-state index in [9.17, 15) is 26.4 Å². The number of unbranched alkanes of at least 4 members (excludes halogenated alkanes) is 11. The van der Waals surface area contributed by atoms with E-state index in [0.717, 1.165) is 77.0 Å². The molecule has 0 amide bonds. The molecule has 0 aromatic rings. The van der Waals surface area contributed by atoms with Crippen molar-refractivity contribution in [1.82, 2.24) is 0 Å². The van der Waals surface area contributed by atoms with Crippen molar-refractivity contribution in [2.75, 3.05) is 11.5 Å². The molecule has 0 radical (unpaired) electrons. The van der Waals surface area contributed by atoms with E-state index in [2.05, 4.69) is 0 Å². The van der Waals surface area contributed by atoms with E-state index < -0.39 is 30.2 Å². The number of hydrogen-bond donors (Lipinski definition) is 0. The van der Waals surface area contributed by atoms with Crippen LogP contribution in [0.3, 0.4) is 0 Å². The summed E-state index contributed by atoms with van der Waals surface area (Å²) in [7, 11) is -6.39. The maximum Gasteiger partial charge on any atom is 0.153 e. The lowest BCUT2D eigenvalue weighted by atomic mass is 10.1. The van der Waals surface area contributed by atoms with Gasteiger partial charge < -0.3 is 0 Å². The Morgan fingerprint density at radius 1 is 0.500 bits per heavy atom. The highest BCUT2D eigenvalue weighted by Gasteiger charge is 2.23. The van der Waals surface area contributed by atoms with Crippen LogP contribution >= 0.6 is 0 Å². The van der Waals surface area contributed by atoms with Crippen LogP contribution in [0.2, 0.25) is 0 Å². The summed E-state index contributed by atoms with van der Waals surface area (Å²) >= 11 is 0. The molecule has 0 saturated carbocycles. The van der Waals surface area contributed by atoms with Gasteiger partial charge in [-0.2, -0.15) is 0 Å². The molecule has 0 fully saturated rings. The lowest BCUT2D eigenvalue weighted by Crippen LogP contribution is -2.24. The largest absolute Gasteiger partial charge is 0.300 e. The van der Waals surface area contributed by atoms with Gasteiger partial charge in [0.05, 0.1) is 22.0 Å². The van der Waals surface area contributed by atoms with E-state index in [1.165, 1.54) is 0 Å². The van der Waals surface area contributed by atoms with Crippen molar-refractivity contribution in [3.63, 3.8) is 0 Å². The highest BCUT2D eigenvalue weighted by molar-refractivity contribution is 7.92. The molecule has 0 aliphatic rings.